The highest BCUT2D eigenvalue weighted by atomic mass is 31.2. The summed E-state index contributed by atoms with van der Waals surface area (Å²) in [6.45, 7) is 5.65. The van der Waals surface area contributed by atoms with Crippen molar-refractivity contribution in [3.8, 4) is 5.75 Å². The molecule has 1 heterocycles. The van der Waals surface area contributed by atoms with Gasteiger partial charge in [-0.2, -0.15) is 4.62 Å². The van der Waals surface area contributed by atoms with Crippen molar-refractivity contribution in [1.29, 1.82) is 0 Å². The molecule has 1 aromatic carbocycles. The molecule has 0 bridgehead atoms. The van der Waals surface area contributed by atoms with Crippen molar-refractivity contribution in [3.63, 3.8) is 0 Å². The number of hydrogen-bond acceptors (Lipinski definition) is 5. The van der Waals surface area contributed by atoms with Crippen LogP contribution >= 0.6 is 7.60 Å². The molecule has 0 saturated carbocycles. The van der Waals surface area contributed by atoms with Crippen LogP contribution in [0.25, 0.3) is 0 Å². The molecule has 6 heteroatoms. The maximum Gasteiger partial charge on any atom is 0.400 e. The Kier molecular flexibility index (Phi) is 4.99. The first-order chi connectivity index (χ1) is 10.0. The minimum atomic E-state index is -3.27. The van der Waals surface area contributed by atoms with Crippen molar-refractivity contribution in [2.24, 2.45) is 0 Å². The summed E-state index contributed by atoms with van der Waals surface area (Å²) in [4.78, 5) is 4.17. The Labute approximate surface area is 124 Å². The van der Waals surface area contributed by atoms with Gasteiger partial charge < -0.3 is 4.52 Å². The molecule has 0 radical (unpaired) electrons. The van der Waals surface area contributed by atoms with E-state index >= 15 is 0 Å². The van der Waals surface area contributed by atoms with Crippen LogP contribution in [0.1, 0.15) is 18.1 Å². The van der Waals surface area contributed by atoms with Crippen LogP contribution in [0.15, 0.2) is 42.6 Å². The first-order valence-electron chi connectivity index (χ1n) is 6.74. The van der Waals surface area contributed by atoms with Crippen LogP contribution in [0.2, 0.25) is 0 Å². The first kappa shape index (κ1) is 15.5. The van der Waals surface area contributed by atoms with Crippen LogP contribution < -0.4 is 10.0 Å². The summed E-state index contributed by atoms with van der Waals surface area (Å²) >= 11 is 0. The molecule has 0 aliphatic carbocycles. The van der Waals surface area contributed by atoms with Gasteiger partial charge in [0, 0.05) is 6.20 Å². The fourth-order valence-electron chi connectivity index (χ4n) is 1.64. The Morgan fingerprint density at radius 1 is 1.19 bits per heavy atom. The molecule has 1 atom stereocenters. The topological polar surface area (TPSA) is 60.5 Å². The van der Waals surface area contributed by atoms with Crippen molar-refractivity contribution in [3.05, 3.63) is 53.7 Å². The van der Waals surface area contributed by atoms with Gasteiger partial charge in [-0.3, -0.25) is 0 Å². The van der Waals surface area contributed by atoms with Gasteiger partial charge in [0.25, 0.3) is 0 Å². The molecule has 0 aliphatic rings. The Morgan fingerprint density at radius 3 is 2.57 bits per heavy atom. The van der Waals surface area contributed by atoms with Crippen molar-refractivity contribution in [2.75, 3.05) is 11.6 Å². The van der Waals surface area contributed by atoms with Crippen molar-refractivity contribution in [1.82, 2.24) is 4.98 Å². The maximum atomic E-state index is 12.6. The number of hydrogen-bond donors (Lipinski definition) is 1. The molecule has 0 amide bonds. The second kappa shape index (κ2) is 6.74. The molecule has 0 aliphatic heterocycles. The highest BCUT2D eigenvalue weighted by Gasteiger charge is 2.25. The van der Waals surface area contributed by atoms with E-state index in [4.69, 9.17) is 9.15 Å². The second-order valence-electron chi connectivity index (χ2n) is 4.63. The summed E-state index contributed by atoms with van der Waals surface area (Å²) in [5.74, 6) is 1.05. The summed E-state index contributed by atoms with van der Waals surface area (Å²) in [6.07, 6.45) is 1.92. The number of nitrogens with one attached hydrogen (secondary N) is 1. The number of pyridine rings is 1. The number of anilines is 1. The highest BCUT2D eigenvalue weighted by Crippen LogP contribution is 2.47. The van der Waals surface area contributed by atoms with Gasteiger partial charge in [0.2, 0.25) is 0 Å². The van der Waals surface area contributed by atoms with Crippen LogP contribution in [0.5, 0.6) is 5.75 Å². The van der Waals surface area contributed by atoms with Crippen LogP contribution in [-0.2, 0) is 9.19 Å². The fraction of sp³-hybridized carbons (Fsp3) is 0.267. The smallest absolute Gasteiger partial charge is 0.400 e. The number of aromatic nitrogens is 1. The lowest BCUT2D eigenvalue weighted by Gasteiger charge is -2.18. The van der Waals surface area contributed by atoms with Gasteiger partial charge in [-0.25, -0.2) is 15.0 Å². The molecule has 0 fully saturated rings. The molecule has 1 unspecified atom stereocenters. The van der Waals surface area contributed by atoms with Gasteiger partial charge in [-0.15, -0.1) is 0 Å². The summed E-state index contributed by atoms with van der Waals surface area (Å²) in [5, 5.41) is 0. The second-order valence-corrected chi connectivity index (χ2v) is 6.85. The van der Waals surface area contributed by atoms with E-state index in [9.17, 15) is 4.57 Å². The molecule has 1 N–H and O–H groups in total. The van der Waals surface area contributed by atoms with Gasteiger partial charge in [-0.05, 0) is 43.2 Å². The van der Waals surface area contributed by atoms with Gasteiger partial charge in [0.1, 0.15) is 5.75 Å². The lowest BCUT2D eigenvalue weighted by atomic mass is 10.2. The highest BCUT2D eigenvalue weighted by molar-refractivity contribution is 7.54. The zero-order chi connectivity index (χ0) is 15.3. The van der Waals surface area contributed by atoms with Gasteiger partial charge in [-0.1, -0.05) is 25.1 Å². The van der Waals surface area contributed by atoms with Crippen LogP contribution in [-0.4, -0.2) is 11.1 Å². The third-order valence-corrected chi connectivity index (χ3v) is 4.76. The third kappa shape index (κ3) is 4.06. The molecule has 5 nitrogen and oxygen atoms in total. The Bertz CT molecular complexity index is 647. The standard InChI is InChI=1S/C15H19N2O3P/c1-4-21(18,19-14-8-6-5-7-9-14)20-17-15-13(3)12(2)10-11-16-15/h5-11H,4H2,1-3H3,(H,16,17). The zero-order valence-corrected chi connectivity index (χ0v) is 13.3. The van der Waals surface area contributed by atoms with Gasteiger partial charge in [0.05, 0.1) is 6.16 Å². The largest absolute Gasteiger partial charge is 0.423 e. The molecule has 21 heavy (non-hydrogen) atoms. The molecule has 112 valence electrons. The average molecular weight is 306 g/mol. The Morgan fingerprint density at radius 2 is 1.90 bits per heavy atom. The summed E-state index contributed by atoms with van der Waals surface area (Å²) in [7, 11) is -3.27. The van der Waals surface area contributed by atoms with E-state index in [1.807, 2.05) is 38.1 Å². The summed E-state index contributed by atoms with van der Waals surface area (Å²) in [6, 6.07) is 10.9. The number of para-hydroxylation sites is 1. The lowest BCUT2D eigenvalue weighted by Crippen LogP contribution is -2.08. The molecule has 2 aromatic rings. The number of benzene rings is 1. The maximum absolute atomic E-state index is 12.6. The van der Waals surface area contributed by atoms with E-state index in [1.54, 1.807) is 25.3 Å². The summed E-state index contributed by atoms with van der Waals surface area (Å²) in [5.41, 5.74) is 4.69. The molecule has 0 spiro atoms. The third-order valence-electron chi connectivity index (χ3n) is 3.13. The minimum Gasteiger partial charge on any atom is -0.423 e. The average Bonchev–Trinajstić information content (AvgIpc) is 2.50. The molecule has 2 rings (SSSR count). The van der Waals surface area contributed by atoms with Crippen molar-refractivity contribution < 1.29 is 13.7 Å². The molecule has 1 aromatic heterocycles. The van der Waals surface area contributed by atoms with Crippen molar-refractivity contribution in [2.45, 2.75) is 20.8 Å². The normalized spacial score (nSPS) is 13.5. The lowest BCUT2D eigenvalue weighted by molar-refractivity contribution is 0.317. The number of nitrogens with zero attached hydrogens (tertiary/aromatic N) is 1. The number of aryl methyl sites for hydroxylation is 1. The van der Waals surface area contributed by atoms with Crippen LogP contribution in [0.3, 0.4) is 0 Å². The SMILES string of the molecule is CCP(=O)(ONc1nccc(C)c1C)Oc1ccccc1. The predicted octanol–water partition coefficient (Wildman–Crippen LogP) is 4.33. The zero-order valence-electron chi connectivity index (χ0n) is 12.4. The molecule has 0 saturated heterocycles. The van der Waals surface area contributed by atoms with E-state index in [0.29, 0.717) is 11.6 Å². The number of rotatable bonds is 6. The van der Waals surface area contributed by atoms with E-state index in [2.05, 4.69) is 10.5 Å². The van der Waals surface area contributed by atoms with Crippen LogP contribution in [0.4, 0.5) is 5.82 Å². The molecular formula is C15H19N2O3P. The van der Waals surface area contributed by atoms with E-state index in [0.717, 1.165) is 11.1 Å². The Balaban J connectivity index is 2.08. The van der Waals surface area contributed by atoms with Crippen molar-refractivity contribution >= 4 is 13.4 Å². The van der Waals surface area contributed by atoms with E-state index < -0.39 is 7.60 Å². The van der Waals surface area contributed by atoms with E-state index in [-0.39, 0.29) is 6.16 Å². The minimum absolute atomic E-state index is 0.250. The monoisotopic (exact) mass is 306 g/mol. The predicted molar refractivity (Wildman–Crippen MR) is 83.6 cm³/mol. The Hall–Kier alpha value is -1.84. The first-order valence-corrected chi connectivity index (χ1v) is 8.47. The van der Waals surface area contributed by atoms with E-state index in [1.165, 1.54) is 0 Å². The molecular weight excluding hydrogens is 287 g/mol. The van der Waals surface area contributed by atoms with Gasteiger partial charge >= 0.3 is 7.60 Å². The quantitative estimate of drug-likeness (QED) is 0.635. The van der Waals surface area contributed by atoms with Gasteiger partial charge in [0.15, 0.2) is 5.82 Å². The fourth-order valence-corrected chi connectivity index (χ4v) is 2.60. The van der Waals surface area contributed by atoms with Crippen LogP contribution in [0, 0.1) is 13.8 Å². The summed E-state index contributed by atoms with van der Waals surface area (Å²) < 4.78 is 23.4.